The number of esters is 1. The standard InChI is InChI=1S/C19H15F2NO4S2/c1-2-26-19(23)12-3-6-14(7-4-12)22-28(24,25)18-10-9-17(27-18)15-8-5-13(20)11-16(15)21/h3-11,22H,2H2,1H3. The topological polar surface area (TPSA) is 72.5 Å². The predicted octanol–water partition coefficient (Wildman–Crippen LogP) is 4.67. The van der Waals surface area contributed by atoms with E-state index in [1.165, 1.54) is 42.5 Å². The van der Waals surface area contributed by atoms with E-state index in [0.29, 0.717) is 10.4 Å². The van der Waals surface area contributed by atoms with Crippen LogP contribution in [0.1, 0.15) is 17.3 Å². The number of ether oxygens (including phenoxy) is 1. The summed E-state index contributed by atoms with van der Waals surface area (Å²) in [6.45, 7) is 1.93. The molecule has 1 N–H and O–H groups in total. The molecule has 5 nitrogen and oxygen atoms in total. The number of hydrogen-bond acceptors (Lipinski definition) is 5. The van der Waals surface area contributed by atoms with Gasteiger partial charge in [-0.3, -0.25) is 4.72 Å². The van der Waals surface area contributed by atoms with Crippen molar-refractivity contribution in [2.24, 2.45) is 0 Å². The molecule has 3 aromatic rings. The fourth-order valence-corrected chi connectivity index (χ4v) is 4.78. The van der Waals surface area contributed by atoms with Gasteiger partial charge in [0.2, 0.25) is 0 Å². The zero-order valence-electron chi connectivity index (χ0n) is 14.6. The Balaban J connectivity index is 1.80. The van der Waals surface area contributed by atoms with Crippen LogP contribution >= 0.6 is 11.3 Å². The summed E-state index contributed by atoms with van der Waals surface area (Å²) in [6, 6.07) is 11.7. The van der Waals surface area contributed by atoms with Crippen molar-refractivity contribution in [3.05, 3.63) is 71.8 Å². The number of rotatable bonds is 6. The molecule has 0 aliphatic carbocycles. The lowest BCUT2D eigenvalue weighted by atomic mass is 10.2. The molecule has 0 amide bonds. The minimum absolute atomic E-state index is 0.0271. The Kier molecular flexibility index (Phi) is 5.76. The quantitative estimate of drug-likeness (QED) is 0.585. The predicted molar refractivity (Wildman–Crippen MR) is 103 cm³/mol. The van der Waals surface area contributed by atoms with E-state index >= 15 is 0 Å². The third kappa shape index (κ3) is 4.37. The van der Waals surface area contributed by atoms with Gasteiger partial charge in [-0.05, 0) is 55.5 Å². The average Bonchev–Trinajstić information content (AvgIpc) is 3.13. The minimum Gasteiger partial charge on any atom is -0.462 e. The Morgan fingerprint density at radius 3 is 2.43 bits per heavy atom. The molecule has 1 heterocycles. The van der Waals surface area contributed by atoms with Crippen molar-refractivity contribution in [1.29, 1.82) is 0 Å². The van der Waals surface area contributed by atoms with E-state index in [9.17, 15) is 22.0 Å². The van der Waals surface area contributed by atoms with E-state index in [2.05, 4.69) is 4.72 Å². The first-order chi connectivity index (χ1) is 13.3. The number of benzene rings is 2. The van der Waals surface area contributed by atoms with Gasteiger partial charge in [-0.1, -0.05) is 0 Å². The lowest BCUT2D eigenvalue weighted by molar-refractivity contribution is 0.0526. The van der Waals surface area contributed by atoms with Crippen LogP contribution < -0.4 is 4.72 Å². The molecule has 28 heavy (non-hydrogen) atoms. The fraction of sp³-hybridized carbons (Fsp3) is 0.105. The van der Waals surface area contributed by atoms with Crippen LogP contribution in [0.2, 0.25) is 0 Å². The lowest BCUT2D eigenvalue weighted by Crippen LogP contribution is -2.11. The molecule has 0 radical (unpaired) electrons. The highest BCUT2D eigenvalue weighted by molar-refractivity contribution is 7.94. The first-order valence-corrected chi connectivity index (χ1v) is 10.5. The molecule has 0 atom stereocenters. The first-order valence-electron chi connectivity index (χ1n) is 8.15. The van der Waals surface area contributed by atoms with Crippen LogP contribution in [-0.2, 0) is 14.8 Å². The number of nitrogens with one attached hydrogen (secondary N) is 1. The summed E-state index contributed by atoms with van der Waals surface area (Å²) in [7, 11) is -3.91. The number of thiophene rings is 1. The largest absolute Gasteiger partial charge is 0.462 e. The Morgan fingerprint density at radius 2 is 1.79 bits per heavy atom. The molecule has 146 valence electrons. The SMILES string of the molecule is CCOC(=O)c1ccc(NS(=O)(=O)c2ccc(-c3ccc(F)cc3F)s2)cc1. The number of sulfonamides is 1. The van der Waals surface area contributed by atoms with Gasteiger partial charge in [0.15, 0.2) is 0 Å². The number of halogens is 2. The van der Waals surface area contributed by atoms with Gasteiger partial charge in [-0.2, -0.15) is 0 Å². The van der Waals surface area contributed by atoms with Crippen molar-refractivity contribution in [2.75, 3.05) is 11.3 Å². The normalized spacial score (nSPS) is 11.2. The molecule has 9 heteroatoms. The highest BCUT2D eigenvalue weighted by Gasteiger charge is 2.19. The van der Waals surface area contributed by atoms with Crippen molar-refractivity contribution in [1.82, 2.24) is 0 Å². The summed E-state index contributed by atoms with van der Waals surface area (Å²) >= 11 is 0.860. The summed E-state index contributed by atoms with van der Waals surface area (Å²) in [6.07, 6.45) is 0. The maximum atomic E-state index is 13.9. The van der Waals surface area contributed by atoms with E-state index in [4.69, 9.17) is 4.74 Å². The second-order valence-electron chi connectivity index (χ2n) is 5.65. The molecule has 0 bridgehead atoms. The molecular formula is C19H15F2NO4S2. The van der Waals surface area contributed by atoms with Crippen LogP contribution in [0.4, 0.5) is 14.5 Å². The number of carbonyl (C=O) groups is 1. The van der Waals surface area contributed by atoms with Gasteiger partial charge in [0, 0.05) is 22.2 Å². The summed E-state index contributed by atoms with van der Waals surface area (Å²) in [5.41, 5.74) is 0.678. The van der Waals surface area contributed by atoms with Crippen LogP contribution in [0.3, 0.4) is 0 Å². The van der Waals surface area contributed by atoms with Gasteiger partial charge in [0.25, 0.3) is 10.0 Å². The maximum absolute atomic E-state index is 13.9. The summed E-state index contributed by atoms with van der Waals surface area (Å²) in [4.78, 5) is 12.0. The lowest BCUT2D eigenvalue weighted by Gasteiger charge is -2.07. The van der Waals surface area contributed by atoms with Gasteiger partial charge in [-0.15, -0.1) is 11.3 Å². The van der Waals surface area contributed by atoms with Crippen LogP contribution in [0.5, 0.6) is 0 Å². The fourth-order valence-electron chi connectivity index (χ4n) is 2.39. The molecule has 0 saturated heterocycles. The van der Waals surface area contributed by atoms with E-state index in [1.54, 1.807) is 6.92 Å². The van der Waals surface area contributed by atoms with Gasteiger partial charge in [0.05, 0.1) is 12.2 Å². The Morgan fingerprint density at radius 1 is 1.07 bits per heavy atom. The van der Waals surface area contributed by atoms with Crippen LogP contribution in [0.25, 0.3) is 10.4 Å². The van der Waals surface area contributed by atoms with Crippen molar-refractivity contribution in [2.45, 2.75) is 11.1 Å². The Hall–Kier alpha value is -2.78. The first kappa shape index (κ1) is 20.0. The van der Waals surface area contributed by atoms with Crippen LogP contribution in [-0.4, -0.2) is 21.0 Å². The summed E-state index contributed by atoms with van der Waals surface area (Å²) in [5, 5.41) is 0. The van der Waals surface area contributed by atoms with Gasteiger partial charge < -0.3 is 4.74 Å². The second kappa shape index (κ2) is 8.07. The average molecular weight is 423 g/mol. The summed E-state index contributed by atoms with van der Waals surface area (Å²) in [5.74, 6) is -1.98. The molecule has 2 aromatic carbocycles. The van der Waals surface area contributed by atoms with Gasteiger partial charge in [-0.25, -0.2) is 22.0 Å². The van der Waals surface area contributed by atoms with Gasteiger partial charge >= 0.3 is 5.97 Å². The minimum atomic E-state index is -3.91. The molecule has 0 unspecified atom stereocenters. The molecule has 0 aliphatic heterocycles. The molecule has 0 spiro atoms. The number of anilines is 1. The van der Waals surface area contributed by atoms with Gasteiger partial charge in [0.1, 0.15) is 15.8 Å². The number of carbonyl (C=O) groups excluding carboxylic acids is 1. The van der Waals surface area contributed by atoms with E-state index in [-0.39, 0.29) is 22.1 Å². The molecular weight excluding hydrogens is 408 g/mol. The highest BCUT2D eigenvalue weighted by Crippen LogP contribution is 2.33. The summed E-state index contributed by atoms with van der Waals surface area (Å²) < 4.78 is 59.3. The molecule has 0 saturated carbocycles. The molecule has 1 aromatic heterocycles. The van der Waals surface area contributed by atoms with Crippen LogP contribution in [0.15, 0.2) is 58.8 Å². The zero-order valence-corrected chi connectivity index (χ0v) is 16.2. The second-order valence-corrected chi connectivity index (χ2v) is 8.64. The third-order valence-electron chi connectivity index (χ3n) is 3.69. The Labute approximate surface area is 164 Å². The Bertz CT molecular complexity index is 1110. The third-order valence-corrected chi connectivity index (χ3v) is 6.68. The van der Waals surface area contributed by atoms with Crippen molar-refractivity contribution < 1.29 is 26.7 Å². The van der Waals surface area contributed by atoms with E-state index in [0.717, 1.165) is 23.5 Å². The van der Waals surface area contributed by atoms with E-state index in [1.807, 2.05) is 0 Å². The van der Waals surface area contributed by atoms with E-state index < -0.39 is 27.6 Å². The highest BCUT2D eigenvalue weighted by atomic mass is 32.2. The molecule has 0 aliphatic rings. The van der Waals surface area contributed by atoms with Crippen molar-refractivity contribution in [3.8, 4) is 10.4 Å². The van der Waals surface area contributed by atoms with Crippen molar-refractivity contribution in [3.63, 3.8) is 0 Å². The van der Waals surface area contributed by atoms with Crippen molar-refractivity contribution >= 4 is 33.0 Å². The zero-order chi connectivity index (χ0) is 20.3. The molecule has 3 rings (SSSR count). The number of hydrogen-bond donors (Lipinski definition) is 1. The smallest absolute Gasteiger partial charge is 0.338 e. The monoisotopic (exact) mass is 423 g/mol. The van der Waals surface area contributed by atoms with Crippen LogP contribution in [0, 0.1) is 11.6 Å². The maximum Gasteiger partial charge on any atom is 0.338 e. The molecule has 0 fully saturated rings.